The smallest absolute Gasteiger partial charge is 0.230 e. The van der Waals surface area contributed by atoms with Crippen molar-refractivity contribution < 1.29 is 19.6 Å². The summed E-state index contributed by atoms with van der Waals surface area (Å²) < 4.78 is 0. The molecule has 7 heteroatoms. The van der Waals surface area contributed by atoms with Gasteiger partial charge in [-0.1, -0.05) is 12.1 Å². The Balaban J connectivity index is 1.21. The van der Waals surface area contributed by atoms with Crippen LogP contribution in [-0.2, 0) is 9.59 Å². The molecule has 2 heterocycles. The number of benzene rings is 2. The highest BCUT2D eigenvalue weighted by molar-refractivity contribution is 5.96. The zero-order chi connectivity index (χ0) is 20.9. The topological polar surface area (TPSA) is 77.3 Å². The summed E-state index contributed by atoms with van der Waals surface area (Å²) in [5.74, 6) is 0.494. The summed E-state index contributed by atoms with van der Waals surface area (Å²) in [7, 11) is 0. The molecule has 30 heavy (non-hydrogen) atoms. The number of piperazine rings is 1. The molecule has 4 rings (SSSR count). The van der Waals surface area contributed by atoms with Crippen molar-refractivity contribution in [3.63, 3.8) is 0 Å². The standard InChI is InChI=1S/C23H28N4O3/c28-21-5-2-1-4-20(21)26-16-14-25(15-17-26)13-11-22(29)24-18-7-9-19(10-8-18)27-12-3-6-23(27)30/h1-2,4-5,7-10,28H,3,6,11-17H2,(H,24,29)/p+1. The molecule has 0 bridgehead atoms. The number of amides is 2. The Morgan fingerprint density at radius 1 is 1.03 bits per heavy atom. The number of phenolic OH excluding ortho intramolecular Hbond substituents is 1. The van der Waals surface area contributed by atoms with Crippen molar-refractivity contribution in [3.8, 4) is 5.75 Å². The molecule has 0 radical (unpaired) electrons. The predicted molar refractivity (Wildman–Crippen MR) is 117 cm³/mol. The Morgan fingerprint density at radius 2 is 1.77 bits per heavy atom. The number of nitrogens with one attached hydrogen (secondary N) is 2. The lowest BCUT2D eigenvalue weighted by atomic mass is 10.2. The zero-order valence-corrected chi connectivity index (χ0v) is 17.1. The summed E-state index contributed by atoms with van der Waals surface area (Å²) in [5, 5.41) is 13.0. The molecular weight excluding hydrogens is 380 g/mol. The van der Waals surface area contributed by atoms with Gasteiger partial charge in [-0.25, -0.2) is 0 Å². The Morgan fingerprint density at radius 3 is 2.43 bits per heavy atom. The minimum Gasteiger partial charge on any atom is -0.506 e. The first kappa shape index (κ1) is 20.2. The Bertz CT molecular complexity index is 892. The van der Waals surface area contributed by atoms with Crippen molar-refractivity contribution in [2.45, 2.75) is 19.3 Å². The number of para-hydroxylation sites is 2. The van der Waals surface area contributed by atoms with Crippen LogP contribution < -0.4 is 20.0 Å². The first-order valence-electron chi connectivity index (χ1n) is 10.7. The van der Waals surface area contributed by atoms with Crippen molar-refractivity contribution in [1.29, 1.82) is 0 Å². The van der Waals surface area contributed by atoms with E-state index in [1.54, 1.807) is 11.0 Å². The summed E-state index contributed by atoms with van der Waals surface area (Å²) >= 11 is 0. The van der Waals surface area contributed by atoms with E-state index in [0.29, 0.717) is 18.6 Å². The summed E-state index contributed by atoms with van der Waals surface area (Å²) in [6.45, 7) is 5.18. The summed E-state index contributed by atoms with van der Waals surface area (Å²) in [6, 6.07) is 14.9. The number of carbonyl (C=O) groups excluding carboxylic acids is 2. The van der Waals surface area contributed by atoms with E-state index in [1.165, 1.54) is 4.90 Å². The van der Waals surface area contributed by atoms with Crippen LogP contribution in [0.1, 0.15) is 19.3 Å². The van der Waals surface area contributed by atoms with Gasteiger partial charge >= 0.3 is 0 Å². The summed E-state index contributed by atoms with van der Waals surface area (Å²) in [5.41, 5.74) is 2.53. The second kappa shape index (κ2) is 9.17. The molecule has 2 amide bonds. The molecule has 2 aliphatic rings. The lowest BCUT2D eigenvalue weighted by molar-refractivity contribution is -0.900. The molecule has 3 N–H and O–H groups in total. The van der Waals surface area contributed by atoms with Crippen LogP contribution in [0.2, 0.25) is 0 Å². The van der Waals surface area contributed by atoms with Crippen LogP contribution >= 0.6 is 0 Å². The minimum absolute atomic E-state index is 0.00984. The molecular formula is C23H29N4O3+. The van der Waals surface area contributed by atoms with E-state index in [2.05, 4.69) is 10.2 Å². The molecule has 2 aromatic carbocycles. The predicted octanol–water partition coefficient (Wildman–Crippen LogP) is 1.25. The highest BCUT2D eigenvalue weighted by Crippen LogP contribution is 2.26. The van der Waals surface area contributed by atoms with E-state index in [1.807, 2.05) is 42.5 Å². The first-order valence-corrected chi connectivity index (χ1v) is 10.7. The average molecular weight is 410 g/mol. The van der Waals surface area contributed by atoms with Crippen LogP contribution in [0.3, 0.4) is 0 Å². The van der Waals surface area contributed by atoms with E-state index < -0.39 is 0 Å². The average Bonchev–Trinajstić information content (AvgIpc) is 3.19. The highest BCUT2D eigenvalue weighted by Gasteiger charge is 2.23. The number of aromatic hydroxyl groups is 1. The van der Waals surface area contributed by atoms with E-state index in [0.717, 1.165) is 62.8 Å². The van der Waals surface area contributed by atoms with Crippen molar-refractivity contribution in [3.05, 3.63) is 48.5 Å². The van der Waals surface area contributed by atoms with E-state index in [-0.39, 0.29) is 11.8 Å². The third-order valence-corrected chi connectivity index (χ3v) is 5.93. The molecule has 0 aliphatic carbocycles. The summed E-state index contributed by atoms with van der Waals surface area (Å²) in [6.07, 6.45) is 1.99. The number of rotatable bonds is 6. The molecule has 7 nitrogen and oxygen atoms in total. The van der Waals surface area contributed by atoms with Gasteiger partial charge in [0.25, 0.3) is 0 Å². The molecule has 0 atom stereocenters. The van der Waals surface area contributed by atoms with Crippen LogP contribution in [-0.4, -0.2) is 56.2 Å². The molecule has 2 aliphatic heterocycles. The van der Waals surface area contributed by atoms with Crippen molar-refractivity contribution >= 4 is 28.9 Å². The Kier molecular flexibility index (Phi) is 6.18. The normalized spacial score (nSPS) is 17.4. The van der Waals surface area contributed by atoms with Gasteiger partial charge in [-0.3, -0.25) is 9.59 Å². The largest absolute Gasteiger partial charge is 0.506 e. The molecule has 0 unspecified atom stereocenters. The zero-order valence-electron chi connectivity index (χ0n) is 17.1. The number of hydrogen-bond donors (Lipinski definition) is 3. The molecule has 2 fully saturated rings. The van der Waals surface area contributed by atoms with Crippen LogP contribution in [0.5, 0.6) is 5.75 Å². The van der Waals surface area contributed by atoms with E-state index in [9.17, 15) is 14.7 Å². The fraction of sp³-hybridized carbons (Fsp3) is 0.391. The van der Waals surface area contributed by atoms with Crippen LogP contribution in [0.25, 0.3) is 0 Å². The maximum Gasteiger partial charge on any atom is 0.230 e. The number of quaternary nitrogens is 1. The molecule has 0 aromatic heterocycles. The van der Waals surface area contributed by atoms with Crippen molar-refractivity contribution in [2.75, 3.05) is 54.4 Å². The van der Waals surface area contributed by atoms with Gasteiger partial charge < -0.3 is 25.1 Å². The lowest BCUT2D eigenvalue weighted by Gasteiger charge is -2.33. The van der Waals surface area contributed by atoms with Gasteiger partial charge in [0.1, 0.15) is 5.75 Å². The maximum atomic E-state index is 12.3. The van der Waals surface area contributed by atoms with Gasteiger partial charge in [0.2, 0.25) is 11.8 Å². The maximum absolute atomic E-state index is 12.3. The Hall–Kier alpha value is -3.06. The van der Waals surface area contributed by atoms with Crippen LogP contribution in [0, 0.1) is 0 Å². The third kappa shape index (κ3) is 4.74. The van der Waals surface area contributed by atoms with Gasteiger partial charge in [-0.05, 0) is 42.8 Å². The van der Waals surface area contributed by atoms with Gasteiger partial charge in [0.05, 0.1) is 44.8 Å². The van der Waals surface area contributed by atoms with Crippen molar-refractivity contribution in [1.82, 2.24) is 0 Å². The molecule has 2 aromatic rings. The second-order valence-corrected chi connectivity index (χ2v) is 7.97. The number of anilines is 3. The number of hydrogen-bond acceptors (Lipinski definition) is 4. The van der Waals surface area contributed by atoms with Crippen LogP contribution in [0.4, 0.5) is 17.1 Å². The number of carbonyl (C=O) groups is 2. The second-order valence-electron chi connectivity index (χ2n) is 7.97. The quantitative estimate of drug-likeness (QED) is 0.671. The SMILES string of the molecule is O=C(CC[NH+]1CCN(c2ccccc2O)CC1)Nc1ccc(N2CCCC2=O)cc1. The minimum atomic E-state index is 0.00984. The fourth-order valence-corrected chi connectivity index (χ4v) is 4.21. The van der Waals surface area contributed by atoms with Gasteiger partial charge in [0, 0.05) is 24.3 Å². The Labute approximate surface area is 176 Å². The van der Waals surface area contributed by atoms with Crippen molar-refractivity contribution in [2.24, 2.45) is 0 Å². The number of phenols is 1. The third-order valence-electron chi connectivity index (χ3n) is 5.93. The molecule has 0 spiro atoms. The lowest BCUT2D eigenvalue weighted by Crippen LogP contribution is -3.15. The fourth-order valence-electron chi connectivity index (χ4n) is 4.21. The first-order chi connectivity index (χ1) is 14.6. The monoisotopic (exact) mass is 409 g/mol. The molecule has 2 saturated heterocycles. The van der Waals surface area contributed by atoms with Gasteiger partial charge in [-0.2, -0.15) is 0 Å². The van der Waals surface area contributed by atoms with E-state index >= 15 is 0 Å². The van der Waals surface area contributed by atoms with Gasteiger partial charge in [0.15, 0.2) is 0 Å². The molecule has 0 saturated carbocycles. The molecule has 158 valence electrons. The van der Waals surface area contributed by atoms with Gasteiger partial charge in [-0.15, -0.1) is 0 Å². The summed E-state index contributed by atoms with van der Waals surface area (Å²) in [4.78, 5) is 29.6. The highest BCUT2D eigenvalue weighted by atomic mass is 16.3. The van der Waals surface area contributed by atoms with E-state index in [4.69, 9.17) is 0 Å². The van der Waals surface area contributed by atoms with Crippen LogP contribution in [0.15, 0.2) is 48.5 Å². The number of nitrogens with zero attached hydrogens (tertiary/aromatic N) is 2.